The van der Waals surface area contributed by atoms with Gasteiger partial charge in [-0.1, -0.05) is 17.7 Å². The first-order chi connectivity index (χ1) is 4.83. The number of aryl methyl sites for hydroxylation is 1. The van der Waals surface area contributed by atoms with Crippen molar-refractivity contribution in [3.63, 3.8) is 0 Å². The lowest BCUT2D eigenvalue weighted by atomic mass is 10.2. The van der Waals surface area contributed by atoms with E-state index in [0.717, 1.165) is 5.56 Å². The zero-order valence-electron chi connectivity index (χ0n) is 5.70. The highest BCUT2D eigenvalue weighted by molar-refractivity contribution is 5.45. The number of benzene rings is 1. The van der Waals surface area contributed by atoms with E-state index in [1.165, 1.54) is 0 Å². The first-order valence-electron chi connectivity index (χ1n) is 3.00. The van der Waals surface area contributed by atoms with Crippen molar-refractivity contribution in [2.24, 2.45) is 0 Å². The van der Waals surface area contributed by atoms with Crippen molar-refractivity contribution in [3.8, 4) is 5.75 Å². The Labute approximate surface area is 59.4 Å². The van der Waals surface area contributed by atoms with Gasteiger partial charge in [0.25, 0.3) is 6.47 Å². The minimum absolute atomic E-state index is 0.421. The van der Waals surface area contributed by atoms with Crippen LogP contribution in [0.25, 0.3) is 0 Å². The number of carbonyl (C=O) groups excluding carboxylic acids is 1. The molecule has 0 radical (unpaired) electrons. The second-order valence-electron chi connectivity index (χ2n) is 2.03. The molecule has 0 bridgehead atoms. The molecule has 0 fully saturated rings. The SMILES string of the molecule is Cc1ccc(OC=O)cc1. The summed E-state index contributed by atoms with van der Waals surface area (Å²) < 4.78 is 4.58. The molecule has 1 rings (SSSR count). The molecule has 0 amide bonds. The molecule has 0 saturated carbocycles. The largest absolute Gasteiger partial charge is 0.429 e. The van der Waals surface area contributed by atoms with Crippen LogP contribution >= 0.6 is 0 Å². The Morgan fingerprint density at radius 3 is 2.40 bits per heavy atom. The van der Waals surface area contributed by atoms with Crippen molar-refractivity contribution in [2.75, 3.05) is 0 Å². The van der Waals surface area contributed by atoms with Gasteiger partial charge in [0.2, 0.25) is 0 Å². The van der Waals surface area contributed by atoms with Gasteiger partial charge in [-0.25, -0.2) is 0 Å². The van der Waals surface area contributed by atoms with E-state index in [2.05, 4.69) is 4.74 Å². The van der Waals surface area contributed by atoms with Crippen LogP contribution in [0, 0.1) is 6.92 Å². The second kappa shape index (κ2) is 3.01. The molecular formula is C8H8O2. The maximum absolute atomic E-state index is 9.84. The molecule has 0 saturated heterocycles. The summed E-state index contributed by atoms with van der Waals surface area (Å²) in [6, 6.07) is 7.28. The fourth-order valence-corrected chi connectivity index (χ4v) is 0.672. The molecule has 0 unspecified atom stereocenters. The van der Waals surface area contributed by atoms with Gasteiger partial charge in [-0.3, -0.25) is 4.79 Å². The number of ether oxygens (including phenoxy) is 1. The first kappa shape index (κ1) is 6.81. The topological polar surface area (TPSA) is 26.3 Å². The van der Waals surface area contributed by atoms with Crippen LogP contribution < -0.4 is 4.74 Å². The van der Waals surface area contributed by atoms with Gasteiger partial charge in [-0.05, 0) is 19.1 Å². The normalized spacial score (nSPS) is 8.90. The summed E-state index contributed by atoms with van der Waals surface area (Å²) >= 11 is 0. The van der Waals surface area contributed by atoms with E-state index in [1.807, 2.05) is 19.1 Å². The van der Waals surface area contributed by atoms with Crippen LogP contribution in [0.2, 0.25) is 0 Å². The van der Waals surface area contributed by atoms with Crippen molar-refractivity contribution in [1.82, 2.24) is 0 Å². The second-order valence-corrected chi connectivity index (χ2v) is 2.03. The van der Waals surface area contributed by atoms with Gasteiger partial charge in [0.05, 0.1) is 0 Å². The number of hydrogen-bond acceptors (Lipinski definition) is 2. The minimum atomic E-state index is 0.421. The van der Waals surface area contributed by atoms with Gasteiger partial charge in [0.15, 0.2) is 0 Å². The summed E-state index contributed by atoms with van der Waals surface area (Å²) in [5, 5.41) is 0. The maximum atomic E-state index is 9.84. The summed E-state index contributed by atoms with van der Waals surface area (Å²) in [6.07, 6.45) is 0. The third-order valence-electron chi connectivity index (χ3n) is 1.21. The maximum Gasteiger partial charge on any atom is 0.298 e. The third-order valence-corrected chi connectivity index (χ3v) is 1.21. The monoisotopic (exact) mass is 136 g/mol. The van der Waals surface area contributed by atoms with Crippen molar-refractivity contribution < 1.29 is 9.53 Å². The fourth-order valence-electron chi connectivity index (χ4n) is 0.672. The summed E-state index contributed by atoms with van der Waals surface area (Å²) in [7, 11) is 0. The smallest absolute Gasteiger partial charge is 0.298 e. The molecule has 1 aromatic rings. The van der Waals surface area contributed by atoms with Crippen molar-refractivity contribution in [3.05, 3.63) is 29.8 Å². The van der Waals surface area contributed by atoms with Crippen LogP contribution in [-0.4, -0.2) is 6.47 Å². The average Bonchev–Trinajstić information content (AvgIpc) is 1.95. The molecule has 0 N–H and O–H groups in total. The van der Waals surface area contributed by atoms with E-state index in [-0.39, 0.29) is 0 Å². The highest BCUT2D eigenvalue weighted by Crippen LogP contribution is 2.09. The van der Waals surface area contributed by atoms with Gasteiger partial charge >= 0.3 is 0 Å². The predicted octanol–water partition coefficient (Wildman–Crippen LogP) is 1.53. The van der Waals surface area contributed by atoms with E-state index in [9.17, 15) is 4.79 Å². The van der Waals surface area contributed by atoms with E-state index >= 15 is 0 Å². The summed E-state index contributed by atoms with van der Waals surface area (Å²) in [6.45, 7) is 2.40. The van der Waals surface area contributed by atoms with Crippen molar-refractivity contribution in [2.45, 2.75) is 6.92 Å². The Hall–Kier alpha value is -1.31. The molecule has 10 heavy (non-hydrogen) atoms. The highest BCUT2D eigenvalue weighted by atomic mass is 16.5. The number of rotatable bonds is 2. The molecule has 1 aromatic carbocycles. The van der Waals surface area contributed by atoms with Gasteiger partial charge in [-0.2, -0.15) is 0 Å². The van der Waals surface area contributed by atoms with Crippen LogP contribution in [0.5, 0.6) is 5.75 Å². The fraction of sp³-hybridized carbons (Fsp3) is 0.125. The Kier molecular flexibility index (Phi) is 2.05. The number of carbonyl (C=O) groups is 1. The molecule has 0 aromatic heterocycles. The minimum Gasteiger partial charge on any atom is -0.429 e. The van der Waals surface area contributed by atoms with Gasteiger partial charge < -0.3 is 4.74 Å². The van der Waals surface area contributed by atoms with Crippen LogP contribution in [0.4, 0.5) is 0 Å². The first-order valence-corrected chi connectivity index (χ1v) is 3.00. The average molecular weight is 136 g/mol. The van der Waals surface area contributed by atoms with Gasteiger partial charge in [-0.15, -0.1) is 0 Å². The summed E-state index contributed by atoms with van der Waals surface area (Å²) in [5.41, 5.74) is 1.15. The van der Waals surface area contributed by atoms with Gasteiger partial charge in [0.1, 0.15) is 5.75 Å². The number of hydrogen-bond donors (Lipinski definition) is 0. The van der Waals surface area contributed by atoms with Crippen molar-refractivity contribution in [1.29, 1.82) is 0 Å². The van der Waals surface area contributed by atoms with Crippen LogP contribution in [-0.2, 0) is 4.79 Å². The molecule has 0 spiro atoms. The standard InChI is InChI=1S/C8H8O2/c1-7-2-4-8(5-3-7)10-6-9/h2-6H,1H3. The molecule has 2 heteroatoms. The lowest BCUT2D eigenvalue weighted by Gasteiger charge is -1.95. The van der Waals surface area contributed by atoms with E-state index in [1.54, 1.807) is 12.1 Å². The van der Waals surface area contributed by atoms with Crippen LogP contribution in [0.1, 0.15) is 5.56 Å². The summed E-state index contributed by atoms with van der Waals surface area (Å²) in [4.78, 5) is 9.84. The lowest BCUT2D eigenvalue weighted by Crippen LogP contribution is -1.87. The Morgan fingerprint density at radius 2 is 1.90 bits per heavy atom. The van der Waals surface area contributed by atoms with E-state index < -0.39 is 0 Å². The van der Waals surface area contributed by atoms with E-state index in [0.29, 0.717) is 12.2 Å². The lowest BCUT2D eigenvalue weighted by molar-refractivity contribution is -0.120. The summed E-state index contributed by atoms with van der Waals surface area (Å²) in [5.74, 6) is 0.584. The third kappa shape index (κ3) is 1.58. The quantitative estimate of drug-likeness (QED) is 0.576. The van der Waals surface area contributed by atoms with Crippen LogP contribution in [0.15, 0.2) is 24.3 Å². The van der Waals surface area contributed by atoms with Crippen LogP contribution in [0.3, 0.4) is 0 Å². The Bertz CT molecular complexity index is 213. The zero-order chi connectivity index (χ0) is 7.40. The molecule has 0 aliphatic heterocycles. The Morgan fingerprint density at radius 1 is 1.30 bits per heavy atom. The highest BCUT2D eigenvalue weighted by Gasteiger charge is 1.88. The Balaban J connectivity index is 2.78. The molecule has 52 valence electrons. The molecule has 0 atom stereocenters. The molecule has 0 aliphatic rings. The predicted molar refractivity (Wildman–Crippen MR) is 37.9 cm³/mol. The molecule has 2 nitrogen and oxygen atoms in total. The van der Waals surface area contributed by atoms with E-state index in [4.69, 9.17) is 0 Å². The molecule has 0 aliphatic carbocycles. The molecule has 0 heterocycles. The van der Waals surface area contributed by atoms with Gasteiger partial charge in [0, 0.05) is 0 Å². The molecular weight excluding hydrogens is 128 g/mol. The zero-order valence-corrected chi connectivity index (χ0v) is 5.70. The van der Waals surface area contributed by atoms with Crippen molar-refractivity contribution >= 4 is 6.47 Å².